The van der Waals surface area contributed by atoms with E-state index in [2.05, 4.69) is 37.9 Å². The molecule has 0 N–H and O–H groups in total. The molecule has 0 aliphatic carbocycles. The lowest BCUT2D eigenvalue weighted by molar-refractivity contribution is 0.0731. The van der Waals surface area contributed by atoms with Gasteiger partial charge in [-0.15, -0.1) is 23.5 Å². The zero-order valence-electron chi connectivity index (χ0n) is 14.8. The number of pyridine rings is 1. The van der Waals surface area contributed by atoms with Gasteiger partial charge in [0.2, 0.25) is 0 Å². The van der Waals surface area contributed by atoms with Crippen LogP contribution in [0.1, 0.15) is 53.3 Å². The first-order valence-electron chi connectivity index (χ1n) is 8.45. The van der Waals surface area contributed by atoms with Crippen LogP contribution in [0.5, 0.6) is 5.75 Å². The van der Waals surface area contributed by atoms with Crippen molar-refractivity contribution in [1.82, 2.24) is 4.98 Å². The van der Waals surface area contributed by atoms with Gasteiger partial charge in [-0.2, -0.15) is 0 Å². The van der Waals surface area contributed by atoms with Crippen LogP contribution in [0, 0.1) is 0 Å². The number of benzene rings is 1. The molecule has 0 atom stereocenters. The first-order chi connectivity index (χ1) is 11.9. The molecule has 132 valence electrons. The average molecular weight is 374 g/mol. The third kappa shape index (κ3) is 4.59. The highest BCUT2D eigenvalue weighted by Gasteiger charge is 2.24. The van der Waals surface area contributed by atoms with Gasteiger partial charge in [0.05, 0.1) is 10.1 Å². The highest BCUT2D eigenvalue weighted by molar-refractivity contribution is 8.16. The van der Waals surface area contributed by atoms with Crippen molar-refractivity contribution >= 4 is 29.5 Å². The molecule has 0 bridgehead atoms. The van der Waals surface area contributed by atoms with Crippen LogP contribution < -0.4 is 4.74 Å². The van der Waals surface area contributed by atoms with E-state index in [0.29, 0.717) is 15.9 Å². The Labute approximate surface area is 158 Å². The largest absolute Gasteiger partial charge is 0.423 e. The third-order valence-electron chi connectivity index (χ3n) is 4.01. The Hall–Kier alpha value is -1.46. The first kappa shape index (κ1) is 18.3. The standard InChI is InChI=1S/C20H23NO2S2/c1-20(2,3)16-12-14(19-24-10-5-11-25-19)7-8-17(16)23-18(22)15-6-4-9-21-13-15/h4,6-9,12-13,19H,5,10-11H2,1-3H3. The molecule has 1 aliphatic heterocycles. The van der Waals surface area contributed by atoms with Crippen LogP contribution in [-0.4, -0.2) is 22.5 Å². The molecule has 0 spiro atoms. The minimum absolute atomic E-state index is 0.107. The van der Waals surface area contributed by atoms with E-state index in [1.807, 2.05) is 29.6 Å². The SMILES string of the molecule is CC(C)(C)c1cc(C2SCCCS2)ccc1OC(=O)c1cccnc1. The van der Waals surface area contributed by atoms with E-state index in [9.17, 15) is 4.79 Å². The summed E-state index contributed by atoms with van der Waals surface area (Å²) < 4.78 is 6.18. The average Bonchev–Trinajstić information content (AvgIpc) is 2.62. The van der Waals surface area contributed by atoms with Crippen molar-refractivity contribution in [3.63, 3.8) is 0 Å². The second-order valence-electron chi connectivity index (χ2n) is 7.06. The highest BCUT2D eigenvalue weighted by atomic mass is 32.2. The van der Waals surface area contributed by atoms with Crippen LogP contribution in [0.15, 0.2) is 42.7 Å². The smallest absolute Gasteiger partial charge is 0.345 e. The Morgan fingerprint density at radius 3 is 2.60 bits per heavy atom. The molecule has 1 fully saturated rings. The molecular formula is C20H23NO2S2. The lowest BCUT2D eigenvalue weighted by atomic mass is 9.85. The molecule has 0 saturated carbocycles. The third-order valence-corrected chi connectivity index (χ3v) is 7.03. The zero-order valence-corrected chi connectivity index (χ0v) is 16.5. The Morgan fingerprint density at radius 1 is 1.20 bits per heavy atom. The van der Waals surface area contributed by atoms with Crippen LogP contribution in [0.4, 0.5) is 0 Å². The number of aromatic nitrogens is 1. The van der Waals surface area contributed by atoms with Gasteiger partial charge in [-0.1, -0.05) is 26.8 Å². The number of hydrogen-bond donors (Lipinski definition) is 0. The Morgan fingerprint density at radius 2 is 1.96 bits per heavy atom. The predicted octanol–water partition coefficient (Wildman–Crippen LogP) is 5.47. The fourth-order valence-electron chi connectivity index (χ4n) is 2.69. The molecule has 3 rings (SSSR count). The van der Waals surface area contributed by atoms with E-state index < -0.39 is 0 Å². The molecule has 25 heavy (non-hydrogen) atoms. The molecule has 3 nitrogen and oxygen atoms in total. The maximum absolute atomic E-state index is 12.4. The summed E-state index contributed by atoms with van der Waals surface area (Å²) in [5.74, 6) is 2.68. The minimum Gasteiger partial charge on any atom is -0.423 e. The number of nitrogens with zero attached hydrogens (tertiary/aromatic N) is 1. The molecule has 2 heterocycles. The minimum atomic E-state index is -0.368. The van der Waals surface area contributed by atoms with Crippen LogP contribution >= 0.6 is 23.5 Å². The molecule has 1 aromatic heterocycles. The molecule has 1 saturated heterocycles. The van der Waals surface area contributed by atoms with E-state index in [1.54, 1.807) is 18.3 Å². The van der Waals surface area contributed by atoms with E-state index in [1.165, 1.54) is 29.7 Å². The fraction of sp³-hybridized carbons (Fsp3) is 0.400. The number of thioether (sulfide) groups is 2. The zero-order chi connectivity index (χ0) is 17.9. The predicted molar refractivity (Wildman–Crippen MR) is 107 cm³/mol. The summed E-state index contributed by atoms with van der Waals surface area (Å²) in [4.78, 5) is 16.4. The van der Waals surface area contributed by atoms with Gasteiger partial charge < -0.3 is 4.74 Å². The summed E-state index contributed by atoms with van der Waals surface area (Å²) >= 11 is 4.00. The molecule has 2 aromatic rings. The van der Waals surface area contributed by atoms with Crippen LogP contribution in [0.2, 0.25) is 0 Å². The number of esters is 1. The van der Waals surface area contributed by atoms with Crippen molar-refractivity contribution in [2.75, 3.05) is 11.5 Å². The van der Waals surface area contributed by atoms with Crippen LogP contribution in [0.3, 0.4) is 0 Å². The van der Waals surface area contributed by atoms with Crippen molar-refractivity contribution < 1.29 is 9.53 Å². The Kier molecular flexibility index (Phi) is 5.74. The molecule has 0 amide bonds. The Balaban J connectivity index is 1.89. The molecular weight excluding hydrogens is 350 g/mol. The van der Waals surface area contributed by atoms with Gasteiger partial charge in [-0.3, -0.25) is 4.98 Å². The summed E-state index contributed by atoms with van der Waals surface area (Å²) in [6.45, 7) is 6.44. The number of carbonyl (C=O) groups is 1. The maximum Gasteiger partial charge on any atom is 0.345 e. The monoisotopic (exact) mass is 373 g/mol. The van der Waals surface area contributed by atoms with E-state index in [0.717, 1.165) is 5.56 Å². The van der Waals surface area contributed by atoms with E-state index in [4.69, 9.17) is 4.74 Å². The summed E-state index contributed by atoms with van der Waals surface area (Å²) in [5, 5.41) is 0. The number of rotatable bonds is 3. The summed E-state index contributed by atoms with van der Waals surface area (Å²) in [6, 6.07) is 9.70. The second-order valence-corrected chi connectivity index (χ2v) is 9.79. The van der Waals surface area contributed by atoms with Crippen LogP contribution in [-0.2, 0) is 5.41 Å². The topological polar surface area (TPSA) is 39.2 Å². The van der Waals surface area contributed by atoms with Gasteiger partial charge in [0.1, 0.15) is 5.75 Å². The van der Waals surface area contributed by atoms with Gasteiger partial charge in [0, 0.05) is 18.0 Å². The van der Waals surface area contributed by atoms with E-state index in [-0.39, 0.29) is 11.4 Å². The maximum atomic E-state index is 12.4. The van der Waals surface area contributed by atoms with Crippen molar-refractivity contribution in [3.8, 4) is 5.75 Å². The van der Waals surface area contributed by atoms with Crippen molar-refractivity contribution in [3.05, 3.63) is 59.4 Å². The van der Waals surface area contributed by atoms with Gasteiger partial charge >= 0.3 is 5.97 Å². The lowest BCUT2D eigenvalue weighted by Crippen LogP contribution is -2.17. The van der Waals surface area contributed by atoms with Crippen molar-refractivity contribution in [2.45, 2.75) is 37.2 Å². The van der Waals surface area contributed by atoms with Gasteiger partial charge in [0.25, 0.3) is 0 Å². The van der Waals surface area contributed by atoms with Crippen molar-refractivity contribution in [2.24, 2.45) is 0 Å². The van der Waals surface area contributed by atoms with Gasteiger partial charge in [0.15, 0.2) is 0 Å². The second kappa shape index (κ2) is 7.83. The normalized spacial score (nSPS) is 15.8. The molecule has 5 heteroatoms. The molecule has 0 radical (unpaired) electrons. The quantitative estimate of drug-likeness (QED) is 0.527. The van der Waals surface area contributed by atoms with Crippen molar-refractivity contribution in [1.29, 1.82) is 0 Å². The summed E-state index contributed by atoms with van der Waals surface area (Å²) in [6.07, 6.45) is 4.45. The van der Waals surface area contributed by atoms with E-state index >= 15 is 0 Å². The summed E-state index contributed by atoms with van der Waals surface area (Å²) in [5.41, 5.74) is 2.73. The fourth-order valence-corrected chi connectivity index (χ4v) is 5.57. The lowest BCUT2D eigenvalue weighted by Gasteiger charge is -2.26. The highest BCUT2D eigenvalue weighted by Crippen LogP contribution is 2.45. The number of ether oxygens (including phenoxy) is 1. The molecule has 1 aromatic carbocycles. The molecule has 1 aliphatic rings. The van der Waals surface area contributed by atoms with Crippen LogP contribution in [0.25, 0.3) is 0 Å². The van der Waals surface area contributed by atoms with Gasteiger partial charge in [-0.05, 0) is 53.2 Å². The summed E-state index contributed by atoms with van der Waals surface area (Å²) in [7, 11) is 0. The first-order valence-corrected chi connectivity index (χ1v) is 10.5. The number of carbonyl (C=O) groups excluding carboxylic acids is 1. The molecule has 0 unspecified atom stereocenters. The number of hydrogen-bond acceptors (Lipinski definition) is 5. The van der Waals surface area contributed by atoms with Gasteiger partial charge in [-0.25, -0.2) is 4.79 Å². The Bertz CT molecular complexity index is 735.